The van der Waals surface area contributed by atoms with Gasteiger partial charge >= 0.3 is 0 Å². The van der Waals surface area contributed by atoms with E-state index in [9.17, 15) is 9.18 Å². The van der Waals surface area contributed by atoms with Gasteiger partial charge in [0.15, 0.2) is 0 Å². The van der Waals surface area contributed by atoms with Crippen LogP contribution in [0.25, 0.3) is 11.4 Å². The highest BCUT2D eigenvalue weighted by Gasteiger charge is 2.11. The molecule has 0 radical (unpaired) electrons. The average molecular weight is 357 g/mol. The monoisotopic (exact) mass is 356 g/mol. The van der Waals surface area contributed by atoms with Crippen molar-refractivity contribution in [1.82, 2.24) is 15.5 Å². The first-order valence-electron chi connectivity index (χ1n) is 7.66. The smallest absolute Gasteiger partial charge is 0.227 e. The van der Waals surface area contributed by atoms with Crippen molar-refractivity contribution in [2.24, 2.45) is 5.73 Å². The Morgan fingerprint density at radius 2 is 2.17 bits per heavy atom. The number of amides is 1. The minimum Gasteiger partial charge on any atom is -0.356 e. The number of unbranched alkanes of at least 4 members (excludes halogenated alkanes) is 1. The van der Waals surface area contributed by atoms with Gasteiger partial charge in [0.1, 0.15) is 5.82 Å². The van der Waals surface area contributed by atoms with E-state index in [1.54, 1.807) is 19.1 Å². The molecule has 2 aromatic rings. The van der Waals surface area contributed by atoms with Crippen LogP contribution in [0.3, 0.4) is 0 Å². The summed E-state index contributed by atoms with van der Waals surface area (Å²) in [6.07, 6.45) is 2.38. The molecule has 6 nitrogen and oxygen atoms in total. The summed E-state index contributed by atoms with van der Waals surface area (Å²) < 4.78 is 18.7. The Bertz CT molecular complexity index is 663. The van der Waals surface area contributed by atoms with E-state index >= 15 is 0 Å². The van der Waals surface area contributed by atoms with Crippen LogP contribution in [-0.4, -0.2) is 29.1 Å². The Morgan fingerprint density at radius 3 is 2.88 bits per heavy atom. The van der Waals surface area contributed by atoms with E-state index in [0.717, 1.165) is 12.8 Å². The molecule has 0 atom stereocenters. The highest BCUT2D eigenvalue weighted by Crippen LogP contribution is 2.19. The van der Waals surface area contributed by atoms with E-state index in [1.165, 1.54) is 6.07 Å². The van der Waals surface area contributed by atoms with Crippen molar-refractivity contribution in [3.05, 3.63) is 35.5 Å². The zero-order valence-corrected chi connectivity index (χ0v) is 14.4. The topological polar surface area (TPSA) is 94.0 Å². The summed E-state index contributed by atoms with van der Waals surface area (Å²) in [5.74, 6) is 0.300. The van der Waals surface area contributed by atoms with Crippen molar-refractivity contribution in [1.29, 1.82) is 0 Å². The van der Waals surface area contributed by atoms with Crippen molar-refractivity contribution < 1.29 is 13.7 Å². The van der Waals surface area contributed by atoms with Crippen LogP contribution in [0, 0.1) is 12.7 Å². The van der Waals surface area contributed by atoms with Crippen LogP contribution < -0.4 is 11.1 Å². The summed E-state index contributed by atoms with van der Waals surface area (Å²) >= 11 is 0. The number of aryl methyl sites for hydroxylation is 2. The largest absolute Gasteiger partial charge is 0.356 e. The fourth-order valence-corrected chi connectivity index (χ4v) is 2.01. The molecule has 0 bridgehead atoms. The van der Waals surface area contributed by atoms with Crippen LogP contribution >= 0.6 is 12.4 Å². The lowest BCUT2D eigenvalue weighted by atomic mass is 10.1. The van der Waals surface area contributed by atoms with Gasteiger partial charge in [-0.3, -0.25) is 4.79 Å². The van der Waals surface area contributed by atoms with Gasteiger partial charge < -0.3 is 15.6 Å². The Morgan fingerprint density at radius 1 is 1.38 bits per heavy atom. The summed E-state index contributed by atoms with van der Waals surface area (Å²) in [6, 6.07) is 4.76. The predicted octanol–water partition coefficient (Wildman–Crippen LogP) is 2.39. The maximum atomic E-state index is 13.6. The molecule has 0 spiro atoms. The Hall–Kier alpha value is -1.99. The van der Waals surface area contributed by atoms with E-state index in [0.29, 0.717) is 42.4 Å². The van der Waals surface area contributed by atoms with Gasteiger partial charge in [-0.25, -0.2) is 4.39 Å². The van der Waals surface area contributed by atoms with Gasteiger partial charge in [-0.2, -0.15) is 4.98 Å². The number of aromatic nitrogens is 2. The molecular formula is C16H22ClFN4O2. The molecule has 1 amide bonds. The Balaban J connectivity index is 0.00000288. The fraction of sp³-hybridized carbons (Fsp3) is 0.438. The molecule has 1 aromatic carbocycles. The minimum absolute atomic E-state index is 0. The Kier molecular flexibility index (Phi) is 8.35. The molecule has 0 saturated heterocycles. The highest BCUT2D eigenvalue weighted by atomic mass is 35.5. The molecule has 2 rings (SSSR count). The predicted molar refractivity (Wildman–Crippen MR) is 91.3 cm³/mol. The lowest BCUT2D eigenvalue weighted by Crippen LogP contribution is -2.25. The van der Waals surface area contributed by atoms with E-state index in [4.69, 9.17) is 10.3 Å². The van der Waals surface area contributed by atoms with Gasteiger partial charge in [0.25, 0.3) is 0 Å². The van der Waals surface area contributed by atoms with E-state index in [-0.39, 0.29) is 30.6 Å². The van der Waals surface area contributed by atoms with Crippen LogP contribution in [-0.2, 0) is 11.2 Å². The van der Waals surface area contributed by atoms with Gasteiger partial charge in [0, 0.05) is 24.9 Å². The molecular weight excluding hydrogens is 335 g/mol. The summed E-state index contributed by atoms with van der Waals surface area (Å²) in [5, 5.41) is 6.63. The van der Waals surface area contributed by atoms with Crippen molar-refractivity contribution in [3.63, 3.8) is 0 Å². The molecule has 132 valence electrons. The quantitative estimate of drug-likeness (QED) is 0.708. The number of hydrogen-bond acceptors (Lipinski definition) is 5. The third-order valence-corrected chi connectivity index (χ3v) is 3.42. The number of rotatable bonds is 8. The minimum atomic E-state index is -0.314. The van der Waals surface area contributed by atoms with E-state index < -0.39 is 0 Å². The van der Waals surface area contributed by atoms with Gasteiger partial charge in [0.2, 0.25) is 17.6 Å². The summed E-state index contributed by atoms with van der Waals surface area (Å²) in [6.45, 7) is 2.93. The summed E-state index contributed by atoms with van der Waals surface area (Å²) in [4.78, 5) is 15.8. The lowest BCUT2D eigenvalue weighted by Gasteiger charge is -2.02. The molecule has 8 heteroatoms. The van der Waals surface area contributed by atoms with Gasteiger partial charge in [-0.15, -0.1) is 12.4 Å². The van der Waals surface area contributed by atoms with Crippen molar-refractivity contribution >= 4 is 18.3 Å². The first-order chi connectivity index (χ1) is 11.1. The molecule has 0 aliphatic rings. The number of nitrogens with zero attached hydrogens (tertiary/aromatic N) is 2. The van der Waals surface area contributed by atoms with Crippen LogP contribution in [0.4, 0.5) is 4.39 Å². The Labute approximate surface area is 146 Å². The second-order valence-corrected chi connectivity index (χ2v) is 5.32. The van der Waals surface area contributed by atoms with Gasteiger partial charge in [-0.1, -0.05) is 17.3 Å². The number of carbonyl (C=O) groups is 1. The van der Waals surface area contributed by atoms with Gasteiger partial charge in [0.05, 0.1) is 0 Å². The normalized spacial score (nSPS) is 10.3. The summed E-state index contributed by atoms with van der Waals surface area (Å²) in [5.41, 5.74) is 6.49. The molecule has 3 N–H and O–H groups in total. The molecule has 0 saturated carbocycles. The molecule has 0 unspecified atom stereocenters. The number of carbonyl (C=O) groups excluding carboxylic acids is 1. The van der Waals surface area contributed by atoms with Crippen LogP contribution in [0.2, 0.25) is 0 Å². The zero-order chi connectivity index (χ0) is 16.7. The lowest BCUT2D eigenvalue weighted by molar-refractivity contribution is -0.121. The molecule has 1 heterocycles. The maximum Gasteiger partial charge on any atom is 0.227 e. The second kappa shape index (κ2) is 10.00. The summed E-state index contributed by atoms with van der Waals surface area (Å²) in [7, 11) is 0. The highest BCUT2D eigenvalue weighted by molar-refractivity contribution is 5.85. The van der Waals surface area contributed by atoms with E-state index in [2.05, 4.69) is 15.5 Å². The molecule has 0 aliphatic carbocycles. The first kappa shape index (κ1) is 20.1. The SMILES string of the molecule is Cc1ccc(-c2noc(CCC(=O)NCCCCN)n2)cc1F.Cl. The van der Waals surface area contributed by atoms with Crippen LogP contribution in [0.5, 0.6) is 0 Å². The van der Waals surface area contributed by atoms with Gasteiger partial charge in [-0.05, 0) is 37.9 Å². The standard InChI is InChI=1S/C16H21FN4O2.ClH/c1-11-4-5-12(10-13(11)17)16-20-15(23-21-16)7-6-14(22)19-9-3-2-8-18;/h4-5,10H,2-3,6-9,18H2,1H3,(H,19,22);1H. The van der Waals surface area contributed by atoms with Crippen molar-refractivity contribution in [2.45, 2.75) is 32.6 Å². The molecule has 1 aromatic heterocycles. The maximum absolute atomic E-state index is 13.6. The first-order valence-corrected chi connectivity index (χ1v) is 7.66. The average Bonchev–Trinajstić information content (AvgIpc) is 3.01. The second-order valence-electron chi connectivity index (χ2n) is 5.32. The number of nitrogens with one attached hydrogen (secondary N) is 1. The number of benzene rings is 1. The van der Waals surface area contributed by atoms with Crippen LogP contribution in [0.1, 0.15) is 30.7 Å². The number of hydrogen-bond donors (Lipinski definition) is 2. The molecule has 0 fully saturated rings. The molecule has 0 aliphatic heterocycles. The van der Waals surface area contributed by atoms with E-state index in [1.807, 2.05) is 0 Å². The number of halogens is 2. The fourth-order valence-electron chi connectivity index (χ4n) is 2.01. The third kappa shape index (κ3) is 5.90. The van der Waals surface area contributed by atoms with Crippen molar-refractivity contribution in [3.8, 4) is 11.4 Å². The molecule has 24 heavy (non-hydrogen) atoms. The zero-order valence-electron chi connectivity index (χ0n) is 13.5. The van der Waals surface area contributed by atoms with Crippen LogP contribution in [0.15, 0.2) is 22.7 Å². The number of nitrogens with two attached hydrogens (primary N) is 1. The van der Waals surface area contributed by atoms with Crippen molar-refractivity contribution in [2.75, 3.05) is 13.1 Å². The third-order valence-electron chi connectivity index (χ3n) is 3.42.